The van der Waals surface area contributed by atoms with Gasteiger partial charge in [-0.2, -0.15) is 0 Å². The van der Waals surface area contributed by atoms with E-state index in [-0.39, 0.29) is 37.2 Å². The van der Waals surface area contributed by atoms with Crippen molar-refractivity contribution in [2.45, 2.75) is 40.0 Å². The minimum absolute atomic E-state index is 0.0391. The van der Waals surface area contributed by atoms with Gasteiger partial charge in [0.1, 0.15) is 0 Å². The number of carbonyl (C=O) groups excluding carboxylic acids is 2. The van der Waals surface area contributed by atoms with Crippen molar-refractivity contribution in [3.05, 3.63) is 0 Å². The molecule has 0 aliphatic carbocycles. The van der Waals surface area contributed by atoms with Crippen LogP contribution in [-0.2, 0) is 9.59 Å². The summed E-state index contributed by atoms with van der Waals surface area (Å²) < 4.78 is 0. The lowest BCUT2D eigenvalue weighted by atomic mass is 9.94. The number of amides is 3. The Labute approximate surface area is 125 Å². The Bertz CT molecular complexity index is 345. The van der Waals surface area contributed by atoms with Gasteiger partial charge in [0.15, 0.2) is 0 Å². The van der Waals surface area contributed by atoms with Gasteiger partial charge in [-0.15, -0.1) is 0 Å². The predicted octanol–water partition coefficient (Wildman–Crippen LogP) is 0.949. The molecule has 0 fully saturated rings. The average molecular weight is 301 g/mol. The molecule has 0 aliphatic rings. The molecular formula is C14H27N3O4. The van der Waals surface area contributed by atoms with Crippen LogP contribution in [0.4, 0.5) is 4.79 Å². The van der Waals surface area contributed by atoms with Gasteiger partial charge in [0.2, 0.25) is 5.91 Å². The maximum Gasteiger partial charge on any atom is 0.314 e. The second kappa shape index (κ2) is 10.9. The highest BCUT2D eigenvalue weighted by Crippen LogP contribution is 2.14. The van der Waals surface area contributed by atoms with Crippen molar-refractivity contribution in [2.75, 3.05) is 19.6 Å². The third kappa shape index (κ3) is 11.7. The number of nitrogens with one attached hydrogen (secondary N) is 3. The molecule has 21 heavy (non-hydrogen) atoms. The Kier molecular flexibility index (Phi) is 10.0. The van der Waals surface area contributed by atoms with Crippen LogP contribution >= 0.6 is 0 Å². The lowest BCUT2D eigenvalue weighted by Gasteiger charge is -2.18. The van der Waals surface area contributed by atoms with Crippen molar-refractivity contribution >= 4 is 17.9 Å². The predicted molar refractivity (Wildman–Crippen MR) is 79.9 cm³/mol. The van der Waals surface area contributed by atoms with Crippen LogP contribution < -0.4 is 16.0 Å². The Hall–Kier alpha value is -1.79. The molecule has 1 atom stereocenters. The van der Waals surface area contributed by atoms with Crippen molar-refractivity contribution in [3.63, 3.8) is 0 Å². The van der Waals surface area contributed by atoms with Gasteiger partial charge in [-0.05, 0) is 25.2 Å². The monoisotopic (exact) mass is 301 g/mol. The van der Waals surface area contributed by atoms with E-state index in [1.807, 2.05) is 20.8 Å². The topological polar surface area (TPSA) is 108 Å². The summed E-state index contributed by atoms with van der Waals surface area (Å²) >= 11 is 0. The van der Waals surface area contributed by atoms with E-state index in [2.05, 4.69) is 16.0 Å². The Morgan fingerprint density at radius 2 is 1.76 bits per heavy atom. The van der Waals surface area contributed by atoms with Crippen LogP contribution in [0.3, 0.4) is 0 Å². The van der Waals surface area contributed by atoms with Crippen LogP contribution in [0.5, 0.6) is 0 Å². The summed E-state index contributed by atoms with van der Waals surface area (Å²) in [5, 5.41) is 16.7. The highest BCUT2D eigenvalue weighted by Gasteiger charge is 2.16. The van der Waals surface area contributed by atoms with Gasteiger partial charge in [0.25, 0.3) is 0 Å². The lowest BCUT2D eigenvalue weighted by Crippen LogP contribution is -2.40. The quantitative estimate of drug-likeness (QED) is 0.482. The molecule has 7 nitrogen and oxygen atoms in total. The molecular weight excluding hydrogens is 274 g/mol. The van der Waals surface area contributed by atoms with Gasteiger partial charge < -0.3 is 21.1 Å². The van der Waals surface area contributed by atoms with Crippen molar-refractivity contribution in [1.82, 2.24) is 16.0 Å². The smallest absolute Gasteiger partial charge is 0.314 e. The van der Waals surface area contributed by atoms with Crippen LogP contribution in [-0.4, -0.2) is 42.6 Å². The van der Waals surface area contributed by atoms with E-state index < -0.39 is 5.97 Å². The highest BCUT2D eigenvalue weighted by atomic mass is 16.4. The molecule has 0 aromatic rings. The molecule has 122 valence electrons. The summed E-state index contributed by atoms with van der Waals surface area (Å²) in [6.45, 7) is 7.00. The summed E-state index contributed by atoms with van der Waals surface area (Å²) in [4.78, 5) is 33.5. The average Bonchev–Trinajstić information content (AvgIpc) is 2.35. The molecule has 0 aromatic carbocycles. The molecule has 0 radical (unpaired) electrons. The Balaban J connectivity index is 3.95. The number of carboxylic acids is 1. The number of carbonyl (C=O) groups is 3. The molecule has 0 aliphatic heterocycles. The van der Waals surface area contributed by atoms with Gasteiger partial charge in [0, 0.05) is 32.5 Å². The van der Waals surface area contributed by atoms with Gasteiger partial charge in [-0.1, -0.05) is 13.8 Å². The van der Waals surface area contributed by atoms with Crippen molar-refractivity contribution in [2.24, 2.45) is 11.8 Å². The summed E-state index contributed by atoms with van der Waals surface area (Å²) in [7, 11) is 0. The van der Waals surface area contributed by atoms with E-state index in [1.165, 1.54) is 0 Å². The molecule has 0 rings (SSSR count). The zero-order chi connectivity index (χ0) is 16.3. The first-order valence-corrected chi connectivity index (χ1v) is 7.35. The molecule has 1 unspecified atom stereocenters. The summed E-state index contributed by atoms with van der Waals surface area (Å²) in [5.41, 5.74) is 0. The zero-order valence-electron chi connectivity index (χ0n) is 13.1. The maximum absolute atomic E-state index is 11.6. The fourth-order valence-electron chi connectivity index (χ4n) is 2.03. The number of carboxylic acid groups (broad SMARTS) is 1. The molecule has 0 aromatic heterocycles. The molecule has 7 heteroatoms. The van der Waals surface area contributed by atoms with Crippen LogP contribution in [0.25, 0.3) is 0 Å². The summed E-state index contributed by atoms with van der Waals surface area (Å²) in [5.74, 6) is -0.686. The van der Waals surface area contributed by atoms with Gasteiger partial charge in [-0.3, -0.25) is 9.59 Å². The lowest BCUT2D eigenvalue weighted by molar-refractivity contribution is -0.138. The van der Waals surface area contributed by atoms with Crippen LogP contribution in [0.1, 0.15) is 40.0 Å². The fourth-order valence-corrected chi connectivity index (χ4v) is 2.03. The summed E-state index contributed by atoms with van der Waals surface area (Å²) in [6, 6.07) is -0.376. The zero-order valence-corrected chi connectivity index (χ0v) is 13.1. The minimum atomic E-state index is -0.862. The number of aliphatic carboxylic acids is 1. The third-order valence-electron chi connectivity index (χ3n) is 2.83. The molecule has 0 saturated heterocycles. The normalized spacial score (nSPS) is 11.8. The van der Waals surface area contributed by atoms with E-state index in [4.69, 9.17) is 5.11 Å². The number of hydrogen-bond acceptors (Lipinski definition) is 3. The Morgan fingerprint density at radius 1 is 1.10 bits per heavy atom. The van der Waals surface area contributed by atoms with E-state index in [9.17, 15) is 14.4 Å². The Morgan fingerprint density at radius 3 is 2.29 bits per heavy atom. The van der Waals surface area contributed by atoms with Crippen LogP contribution in [0, 0.1) is 11.8 Å². The SMILES string of the molecule is CCNC(=O)CCNC(=O)NCC(CC(=O)O)CC(C)C. The highest BCUT2D eigenvalue weighted by molar-refractivity contribution is 5.78. The second-order valence-electron chi connectivity index (χ2n) is 5.43. The molecule has 0 saturated carbocycles. The number of rotatable bonds is 10. The van der Waals surface area contributed by atoms with Crippen molar-refractivity contribution in [3.8, 4) is 0 Å². The van der Waals surface area contributed by atoms with Gasteiger partial charge >= 0.3 is 12.0 Å². The summed E-state index contributed by atoms with van der Waals surface area (Å²) in [6.07, 6.45) is 1.01. The van der Waals surface area contributed by atoms with E-state index in [0.29, 0.717) is 19.0 Å². The fraction of sp³-hybridized carbons (Fsp3) is 0.786. The van der Waals surface area contributed by atoms with Crippen LogP contribution in [0.15, 0.2) is 0 Å². The molecule has 0 spiro atoms. The van der Waals surface area contributed by atoms with E-state index in [1.54, 1.807) is 0 Å². The van der Waals surface area contributed by atoms with E-state index in [0.717, 1.165) is 6.42 Å². The minimum Gasteiger partial charge on any atom is -0.481 e. The first-order chi connectivity index (χ1) is 9.85. The van der Waals surface area contributed by atoms with Crippen LogP contribution in [0.2, 0.25) is 0 Å². The standard InChI is InChI=1S/C14H27N3O4/c1-4-15-12(18)5-6-16-14(21)17-9-11(7-10(2)3)8-13(19)20/h10-11H,4-9H2,1-3H3,(H,15,18)(H,19,20)(H2,16,17,21). The largest absolute Gasteiger partial charge is 0.481 e. The van der Waals surface area contributed by atoms with Gasteiger partial charge in [-0.25, -0.2) is 4.79 Å². The maximum atomic E-state index is 11.6. The van der Waals surface area contributed by atoms with Gasteiger partial charge in [0.05, 0.1) is 0 Å². The van der Waals surface area contributed by atoms with E-state index >= 15 is 0 Å². The first kappa shape index (κ1) is 19.2. The molecule has 4 N–H and O–H groups in total. The molecule has 0 bridgehead atoms. The second-order valence-corrected chi connectivity index (χ2v) is 5.43. The van der Waals surface area contributed by atoms with Crippen molar-refractivity contribution in [1.29, 1.82) is 0 Å². The molecule has 0 heterocycles. The number of hydrogen-bond donors (Lipinski definition) is 4. The first-order valence-electron chi connectivity index (χ1n) is 7.35. The third-order valence-corrected chi connectivity index (χ3v) is 2.83. The molecule has 3 amide bonds. The number of urea groups is 1. The van der Waals surface area contributed by atoms with Crippen molar-refractivity contribution < 1.29 is 19.5 Å².